The van der Waals surface area contributed by atoms with Crippen molar-refractivity contribution in [2.24, 2.45) is 11.7 Å². The van der Waals surface area contributed by atoms with Gasteiger partial charge in [-0.15, -0.1) is 0 Å². The van der Waals surface area contributed by atoms with E-state index in [-0.39, 0.29) is 5.56 Å². The molecule has 0 aliphatic rings. The highest BCUT2D eigenvalue weighted by Crippen LogP contribution is 2.12. The first-order chi connectivity index (χ1) is 7.72. The number of hydrogen-bond donors (Lipinski definition) is 1. The van der Waals surface area contributed by atoms with Gasteiger partial charge in [-0.05, 0) is 30.0 Å². The summed E-state index contributed by atoms with van der Waals surface area (Å²) in [6.45, 7) is 3.32. The molecule has 0 aliphatic carbocycles. The van der Waals surface area contributed by atoms with Gasteiger partial charge in [0.1, 0.15) is 0 Å². The van der Waals surface area contributed by atoms with E-state index in [1.54, 1.807) is 10.6 Å². The van der Waals surface area contributed by atoms with Gasteiger partial charge in [-0.3, -0.25) is 4.79 Å². The summed E-state index contributed by atoms with van der Waals surface area (Å²) in [4.78, 5) is 11.8. The number of hydrogen-bond acceptors (Lipinski definition) is 2. The van der Waals surface area contributed by atoms with Gasteiger partial charge in [0, 0.05) is 12.6 Å². The third kappa shape index (κ3) is 1.99. The van der Waals surface area contributed by atoms with E-state index in [2.05, 4.69) is 0 Å². The summed E-state index contributed by atoms with van der Waals surface area (Å²) in [5.74, 6) is 0.309. The zero-order valence-corrected chi connectivity index (χ0v) is 9.39. The van der Waals surface area contributed by atoms with E-state index in [4.69, 9.17) is 5.73 Å². The second-order valence-electron chi connectivity index (χ2n) is 4.18. The number of benzene rings is 1. The number of nitrogens with zero attached hydrogens (tertiary/aromatic N) is 1. The number of nitrogens with two attached hydrogens (primary N) is 1. The highest BCUT2D eigenvalue weighted by molar-refractivity contribution is 5.78. The minimum absolute atomic E-state index is 0.0407. The highest BCUT2D eigenvalue weighted by atomic mass is 16.1. The summed E-state index contributed by atoms with van der Waals surface area (Å²) in [5.41, 5.74) is 6.62. The minimum Gasteiger partial charge on any atom is -0.330 e. The van der Waals surface area contributed by atoms with E-state index in [9.17, 15) is 4.79 Å². The van der Waals surface area contributed by atoms with Gasteiger partial charge < -0.3 is 10.3 Å². The first kappa shape index (κ1) is 10.9. The first-order valence-corrected chi connectivity index (χ1v) is 5.51. The fourth-order valence-electron chi connectivity index (χ4n) is 1.82. The molecule has 0 fully saturated rings. The molecule has 1 aromatic heterocycles. The van der Waals surface area contributed by atoms with Crippen molar-refractivity contribution in [3.63, 3.8) is 0 Å². The van der Waals surface area contributed by atoms with E-state index in [1.807, 2.05) is 37.3 Å². The van der Waals surface area contributed by atoms with Gasteiger partial charge in [0.05, 0.1) is 5.52 Å². The lowest BCUT2D eigenvalue weighted by Crippen LogP contribution is -2.25. The van der Waals surface area contributed by atoms with Crippen molar-refractivity contribution in [1.29, 1.82) is 0 Å². The number of para-hydroxylation sites is 1. The van der Waals surface area contributed by atoms with E-state index in [0.717, 1.165) is 10.9 Å². The second-order valence-corrected chi connectivity index (χ2v) is 4.18. The first-order valence-electron chi connectivity index (χ1n) is 5.51. The molecule has 2 N–H and O–H groups in total. The molecule has 1 heterocycles. The van der Waals surface area contributed by atoms with Crippen LogP contribution in [-0.4, -0.2) is 11.1 Å². The Morgan fingerprint density at radius 1 is 1.25 bits per heavy atom. The Hall–Kier alpha value is -1.61. The summed E-state index contributed by atoms with van der Waals surface area (Å²) >= 11 is 0. The van der Waals surface area contributed by atoms with Crippen LogP contribution in [0.2, 0.25) is 0 Å². The van der Waals surface area contributed by atoms with Gasteiger partial charge in [0.15, 0.2) is 0 Å². The molecule has 0 amide bonds. The molecule has 3 heteroatoms. The normalized spacial score (nSPS) is 12.9. The van der Waals surface area contributed by atoms with E-state index < -0.39 is 0 Å². The topological polar surface area (TPSA) is 48.0 Å². The van der Waals surface area contributed by atoms with Gasteiger partial charge in [-0.2, -0.15) is 0 Å². The van der Waals surface area contributed by atoms with Crippen molar-refractivity contribution >= 4 is 10.9 Å². The average Bonchev–Trinajstić information content (AvgIpc) is 2.32. The fourth-order valence-corrected chi connectivity index (χ4v) is 1.82. The number of pyridine rings is 1. The predicted molar refractivity (Wildman–Crippen MR) is 66.4 cm³/mol. The number of rotatable bonds is 3. The van der Waals surface area contributed by atoms with Crippen molar-refractivity contribution < 1.29 is 0 Å². The molecular formula is C13H16N2O. The van der Waals surface area contributed by atoms with Crippen LogP contribution in [0.3, 0.4) is 0 Å². The summed E-state index contributed by atoms with van der Waals surface area (Å²) in [5, 5.41) is 1.09. The summed E-state index contributed by atoms with van der Waals surface area (Å²) in [6.07, 6.45) is 0. The molecule has 0 saturated heterocycles. The lowest BCUT2D eigenvalue weighted by atomic mass is 10.1. The molecular weight excluding hydrogens is 200 g/mol. The zero-order chi connectivity index (χ0) is 11.5. The lowest BCUT2D eigenvalue weighted by molar-refractivity contribution is 0.492. The Kier molecular flexibility index (Phi) is 3.06. The Morgan fingerprint density at radius 3 is 2.75 bits per heavy atom. The molecule has 0 spiro atoms. The van der Waals surface area contributed by atoms with Gasteiger partial charge >= 0.3 is 0 Å². The third-order valence-electron chi connectivity index (χ3n) is 2.80. The molecule has 3 nitrogen and oxygen atoms in total. The van der Waals surface area contributed by atoms with E-state index in [0.29, 0.717) is 19.0 Å². The average molecular weight is 216 g/mol. The quantitative estimate of drug-likeness (QED) is 0.847. The fraction of sp³-hybridized carbons (Fsp3) is 0.308. The van der Waals surface area contributed by atoms with Crippen molar-refractivity contribution in [3.8, 4) is 0 Å². The van der Waals surface area contributed by atoms with Crippen LogP contribution in [0.4, 0.5) is 0 Å². The maximum atomic E-state index is 11.8. The molecule has 1 atom stereocenters. The van der Waals surface area contributed by atoms with Crippen molar-refractivity contribution in [2.45, 2.75) is 13.5 Å². The van der Waals surface area contributed by atoms with Crippen LogP contribution in [0.5, 0.6) is 0 Å². The van der Waals surface area contributed by atoms with Crippen molar-refractivity contribution in [2.75, 3.05) is 6.54 Å². The Labute approximate surface area is 94.5 Å². The Morgan fingerprint density at radius 2 is 2.00 bits per heavy atom. The smallest absolute Gasteiger partial charge is 0.251 e. The van der Waals surface area contributed by atoms with Crippen LogP contribution in [-0.2, 0) is 6.54 Å². The number of aromatic nitrogens is 1. The summed E-state index contributed by atoms with van der Waals surface area (Å²) in [7, 11) is 0. The summed E-state index contributed by atoms with van der Waals surface area (Å²) < 4.78 is 1.80. The molecule has 2 rings (SSSR count). The van der Waals surface area contributed by atoms with E-state index in [1.165, 1.54) is 0 Å². The third-order valence-corrected chi connectivity index (χ3v) is 2.80. The van der Waals surface area contributed by atoms with Gasteiger partial charge in [0.2, 0.25) is 0 Å². The molecule has 0 bridgehead atoms. The van der Waals surface area contributed by atoms with Gasteiger partial charge in [0.25, 0.3) is 5.56 Å². The lowest BCUT2D eigenvalue weighted by Gasteiger charge is -2.13. The summed E-state index contributed by atoms with van der Waals surface area (Å²) in [6, 6.07) is 11.4. The van der Waals surface area contributed by atoms with Gasteiger partial charge in [-0.1, -0.05) is 25.1 Å². The molecule has 0 aliphatic heterocycles. The maximum Gasteiger partial charge on any atom is 0.251 e. The largest absolute Gasteiger partial charge is 0.330 e. The minimum atomic E-state index is 0.0407. The molecule has 2 aromatic rings. The van der Waals surface area contributed by atoms with Crippen molar-refractivity contribution in [3.05, 3.63) is 46.8 Å². The predicted octanol–water partition coefficient (Wildman–Crippen LogP) is 1.60. The zero-order valence-electron chi connectivity index (χ0n) is 9.39. The molecule has 1 unspecified atom stereocenters. The Balaban J connectivity index is 2.57. The number of fused-ring (bicyclic) bond motifs is 1. The monoisotopic (exact) mass is 216 g/mol. The molecule has 0 saturated carbocycles. The van der Waals surface area contributed by atoms with E-state index >= 15 is 0 Å². The van der Waals surface area contributed by atoms with Crippen LogP contribution in [0, 0.1) is 5.92 Å². The van der Waals surface area contributed by atoms with Crippen molar-refractivity contribution in [1.82, 2.24) is 4.57 Å². The van der Waals surface area contributed by atoms with Crippen LogP contribution >= 0.6 is 0 Å². The standard InChI is InChI=1S/C13H16N2O/c1-10(8-14)9-15-12-5-3-2-4-11(12)6-7-13(15)16/h2-7,10H,8-9,14H2,1H3. The maximum absolute atomic E-state index is 11.8. The molecule has 0 radical (unpaired) electrons. The molecule has 1 aromatic carbocycles. The Bertz CT molecular complexity index is 545. The molecule has 84 valence electrons. The second kappa shape index (κ2) is 4.49. The highest BCUT2D eigenvalue weighted by Gasteiger charge is 2.05. The molecule has 16 heavy (non-hydrogen) atoms. The van der Waals surface area contributed by atoms with Crippen LogP contribution in [0.25, 0.3) is 10.9 Å². The van der Waals surface area contributed by atoms with Crippen LogP contribution in [0.15, 0.2) is 41.2 Å². The van der Waals surface area contributed by atoms with Crippen LogP contribution < -0.4 is 11.3 Å². The van der Waals surface area contributed by atoms with Gasteiger partial charge in [-0.25, -0.2) is 0 Å². The SMILES string of the molecule is CC(CN)Cn1c(=O)ccc2ccccc21. The van der Waals surface area contributed by atoms with Crippen LogP contribution in [0.1, 0.15) is 6.92 Å².